The summed E-state index contributed by atoms with van der Waals surface area (Å²) in [6.45, 7) is 2.13. The summed E-state index contributed by atoms with van der Waals surface area (Å²) in [6, 6.07) is 7.36. The lowest BCUT2D eigenvalue weighted by atomic mass is 10.1. The zero-order valence-electron chi connectivity index (χ0n) is 16.9. The molecule has 158 valence electrons. The molecule has 1 amide bonds. The van der Waals surface area contributed by atoms with Gasteiger partial charge in [0.25, 0.3) is 5.91 Å². The number of anilines is 1. The van der Waals surface area contributed by atoms with Gasteiger partial charge in [0.05, 0.1) is 12.4 Å². The molecule has 2 aromatic heterocycles. The number of rotatable bonds is 5. The van der Waals surface area contributed by atoms with E-state index in [1.807, 2.05) is 18.2 Å². The molecular weight excluding hydrogens is 388 g/mol. The van der Waals surface area contributed by atoms with Crippen LogP contribution < -0.4 is 5.32 Å². The average Bonchev–Trinajstić information content (AvgIpc) is 3.28. The predicted molar refractivity (Wildman–Crippen MR) is 109 cm³/mol. The highest BCUT2D eigenvalue weighted by Crippen LogP contribution is 2.32. The number of aliphatic hydroxyl groups is 2. The SMILES string of the molecule is C[C@H]1O[C@@H](n2cnc3c(NCc4cccc(C(=O)N(C)C)c4)ncnc32)[C@H](O)[C@@H]1O. The van der Waals surface area contributed by atoms with Crippen LogP contribution in [-0.4, -0.2) is 72.9 Å². The highest BCUT2D eigenvalue weighted by atomic mass is 16.6. The molecular formula is C20H24N6O4. The Morgan fingerprint density at radius 1 is 1.23 bits per heavy atom. The standard InChI is InChI=1S/C20H24N6O4/c1-11-15(27)16(28)20(30-11)26-10-24-14-17(22-9-23-18(14)26)21-8-12-5-4-6-13(7-12)19(29)25(2)3/h4-7,9-11,15-16,20,27-28H,8H2,1-3H3,(H,21,22,23)/t11-,15-,16-,20-/m1/s1. The molecule has 0 radical (unpaired) electrons. The number of nitrogens with zero attached hydrogens (tertiary/aromatic N) is 5. The van der Waals surface area contributed by atoms with Crippen molar-refractivity contribution >= 4 is 22.9 Å². The molecule has 1 aliphatic rings. The van der Waals surface area contributed by atoms with Crippen LogP contribution in [0.2, 0.25) is 0 Å². The van der Waals surface area contributed by atoms with Crippen LogP contribution in [0.1, 0.15) is 29.1 Å². The molecule has 3 N–H and O–H groups in total. The molecule has 1 saturated heterocycles. The summed E-state index contributed by atoms with van der Waals surface area (Å²) >= 11 is 0. The maximum Gasteiger partial charge on any atom is 0.253 e. The van der Waals surface area contributed by atoms with Crippen LogP contribution in [0.15, 0.2) is 36.9 Å². The molecule has 1 aliphatic heterocycles. The Labute approximate surface area is 173 Å². The van der Waals surface area contributed by atoms with E-state index in [2.05, 4.69) is 20.3 Å². The van der Waals surface area contributed by atoms with Crippen LogP contribution in [-0.2, 0) is 11.3 Å². The predicted octanol–water partition coefficient (Wildman–Crippen LogP) is 0.779. The van der Waals surface area contributed by atoms with E-state index in [4.69, 9.17) is 4.74 Å². The summed E-state index contributed by atoms with van der Waals surface area (Å²) in [4.78, 5) is 26.6. The van der Waals surface area contributed by atoms with E-state index in [1.165, 1.54) is 17.6 Å². The van der Waals surface area contributed by atoms with E-state index in [1.54, 1.807) is 31.7 Å². The second-order valence-electron chi connectivity index (χ2n) is 7.51. The minimum absolute atomic E-state index is 0.0634. The first kappa shape index (κ1) is 20.2. The summed E-state index contributed by atoms with van der Waals surface area (Å²) in [5.74, 6) is 0.454. The molecule has 0 saturated carbocycles. The third-order valence-electron chi connectivity index (χ3n) is 5.15. The monoisotopic (exact) mass is 412 g/mol. The number of fused-ring (bicyclic) bond motifs is 1. The van der Waals surface area contributed by atoms with Gasteiger partial charge in [0.15, 0.2) is 23.2 Å². The van der Waals surface area contributed by atoms with Crippen molar-refractivity contribution in [3.05, 3.63) is 48.0 Å². The van der Waals surface area contributed by atoms with Crippen molar-refractivity contribution in [2.24, 2.45) is 0 Å². The summed E-state index contributed by atoms with van der Waals surface area (Å²) in [5.41, 5.74) is 2.52. The number of ether oxygens (including phenoxy) is 1. The van der Waals surface area contributed by atoms with Crippen LogP contribution in [0.3, 0.4) is 0 Å². The first-order valence-electron chi connectivity index (χ1n) is 9.60. The van der Waals surface area contributed by atoms with Crippen molar-refractivity contribution in [1.29, 1.82) is 0 Å². The van der Waals surface area contributed by atoms with Gasteiger partial charge in [-0.15, -0.1) is 0 Å². The number of hydrogen-bond acceptors (Lipinski definition) is 8. The number of aromatic nitrogens is 4. The van der Waals surface area contributed by atoms with Crippen LogP contribution in [0, 0.1) is 0 Å². The van der Waals surface area contributed by atoms with Crippen molar-refractivity contribution in [2.45, 2.75) is 38.0 Å². The lowest BCUT2D eigenvalue weighted by Crippen LogP contribution is -2.30. The fourth-order valence-corrected chi connectivity index (χ4v) is 3.48. The maximum absolute atomic E-state index is 12.2. The normalized spacial score (nSPS) is 23.6. The molecule has 0 spiro atoms. The van der Waals surface area contributed by atoms with Gasteiger partial charge in [-0.2, -0.15) is 0 Å². The minimum atomic E-state index is -1.08. The number of aliphatic hydroxyl groups excluding tert-OH is 2. The molecule has 0 unspecified atom stereocenters. The van der Waals surface area contributed by atoms with Gasteiger partial charge in [-0.05, 0) is 24.6 Å². The third-order valence-corrected chi connectivity index (χ3v) is 5.15. The van der Waals surface area contributed by atoms with Crippen molar-refractivity contribution < 1.29 is 19.7 Å². The minimum Gasteiger partial charge on any atom is -0.388 e. The van der Waals surface area contributed by atoms with Gasteiger partial charge in [-0.1, -0.05) is 12.1 Å². The molecule has 0 aliphatic carbocycles. The lowest BCUT2D eigenvalue weighted by Gasteiger charge is -2.16. The summed E-state index contributed by atoms with van der Waals surface area (Å²) < 4.78 is 7.26. The quantitative estimate of drug-likeness (QED) is 0.561. The Hall–Kier alpha value is -3.08. The molecule has 10 heteroatoms. The van der Waals surface area contributed by atoms with E-state index in [-0.39, 0.29) is 5.91 Å². The number of nitrogens with one attached hydrogen (secondary N) is 1. The molecule has 0 bridgehead atoms. The van der Waals surface area contributed by atoms with Gasteiger partial charge < -0.3 is 25.2 Å². The first-order valence-corrected chi connectivity index (χ1v) is 9.60. The Kier molecular flexibility index (Phi) is 5.37. The Balaban J connectivity index is 1.56. The zero-order chi connectivity index (χ0) is 21.4. The molecule has 3 aromatic rings. The highest BCUT2D eigenvalue weighted by molar-refractivity contribution is 5.94. The average molecular weight is 412 g/mol. The number of hydrogen-bond donors (Lipinski definition) is 3. The zero-order valence-corrected chi connectivity index (χ0v) is 16.9. The van der Waals surface area contributed by atoms with Gasteiger partial charge in [0.2, 0.25) is 0 Å². The number of carbonyl (C=O) groups excluding carboxylic acids is 1. The van der Waals surface area contributed by atoms with Crippen LogP contribution in [0.4, 0.5) is 5.82 Å². The summed E-state index contributed by atoms with van der Waals surface area (Å²) in [7, 11) is 3.43. The molecule has 4 rings (SSSR count). The summed E-state index contributed by atoms with van der Waals surface area (Å²) in [6.07, 6.45) is -0.435. The van der Waals surface area contributed by atoms with Crippen molar-refractivity contribution in [1.82, 2.24) is 24.4 Å². The van der Waals surface area contributed by atoms with E-state index < -0.39 is 24.5 Å². The van der Waals surface area contributed by atoms with Crippen LogP contribution >= 0.6 is 0 Å². The van der Waals surface area contributed by atoms with Gasteiger partial charge in [0.1, 0.15) is 18.5 Å². The van der Waals surface area contributed by atoms with E-state index >= 15 is 0 Å². The summed E-state index contributed by atoms with van der Waals surface area (Å²) in [5, 5.41) is 23.5. The largest absolute Gasteiger partial charge is 0.388 e. The number of amides is 1. The second kappa shape index (κ2) is 7.98. The Morgan fingerprint density at radius 3 is 2.73 bits per heavy atom. The van der Waals surface area contributed by atoms with Crippen molar-refractivity contribution in [2.75, 3.05) is 19.4 Å². The fourth-order valence-electron chi connectivity index (χ4n) is 3.48. The Morgan fingerprint density at radius 2 is 2.03 bits per heavy atom. The maximum atomic E-state index is 12.2. The van der Waals surface area contributed by atoms with Crippen LogP contribution in [0.25, 0.3) is 11.2 Å². The number of benzene rings is 1. The molecule has 4 atom stereocenters. The molecule has 10 nitrogen and oxygen atoms in total. The Bertz CT molecular complexity index is 1070. The van der Waals surface area contributed by atoms with Crippen molar-refractivity contribution in [3.63, 3.8) is 0 Å². The number of imidazole rings is 1. The molecule has 1 aromatic carbocycles. The van der Waals surface area contributed by atoms with Gasteiger partial charge >= 0.3 is 0 Å². The van der Waals surface area contributed by atoms with E-state index in [9.17, 15) is 15.0 Å². The van der Waals surface area contributed by atoms with Crippen LogP contribution in [0.5, 0.6) is 0 Å². The smallest absolute Gasteiger partial charge is 0.253 e. The van der Waals surface area contributed by atoms with E-state index in [0.29, 0.717) is 29.1 Å². The van der Waals surface area contributed by atoms with Gasteiger partial charge in [-0.3, -0.25) is 9.36 Å². The van der Waals surface area contributed by atoms with E-state index in [0.717, 1.165) is 5.56 Å². The molecule has 1 fully saturated rings. The molecule has 3 heterocycles. The second-order valence-corrected chi connectivity index (χ2v) is 7.51. The first-order chi connectivity index (χ1) is 14.4. The van der Waals surface area contributed by atoms with Crippen molar-refractivity contribution in [3.8, 4) is 0 Å². The van der Waals surface area contributed by atoms with Gasteiger partial charge in [-0.25, -0.2) is 15.0 Å². The lowest BCUT2D eigenvalue weighted by molar-refractivity contribution is -0.0299. The third kappa shape index (κ3) is 3.60. The topological polar surface area (TPSA) is 126 Å². The van der Waals surface area contributed by atoms with Gasteiger partial charge in [0, 0.05) is 26.2 Å². The highest BCUT2D eigenvalue weighted by Gasteiger charge is 2.42. The number of carbonyl (C=O) groups is 1. The fraction of sp³-hybridized carbons (Fsp3) is 0.400. The molecule has 30 heavy (non-hydrogen) atoms.